The molecule has 1 aliphatic heterocycles. The molecule has 0 bridgehead atoms. The Labute approximate surface area is 169 Å². The van der Waals surface area contributed by atoms with Crippen molar-refractivity contribution in [3.8, 4) is 0 Å². The standard InChI is InChI=1S/C21H23ClN4O2/c22-17-3-1-15(2-4-17)12-26(18-5-6-18)10-9-25-13-20(24-14-25)19-11-16(21(27)28)7-8-23-19/h1-4,7-8,11,13,18,24H,5-6,9-10,12,14H2,(H,27,28). The molecule has 2 heterocycles. The maximum absolute atomic E-state index is 11.2. The smallest absolute Gasteiger partial charge is 0.335 e. The molecule has 7 heteroatoms. The summed E-state index contributed by atoms with van der Waals surface area (Å²) in [5.41, 5.74) is 3.04. The number of benzene rings is 1. The zero-order chi connectivity index (χ0) is 19.5. The van der Waals surface area contributed by atoms with Gasteiger partial charge >= 0.3 is 5.97 Å². The lowest BCUT2D eigenvalue weighted by atomic mass is 10.2. The predicted molar refractivity (Wildman–Crippen MR) is 109 cm³/mol. The van der Waals surface area contributed by atoms with Crippen LogP contribution in [0.1, 0.15) is 34.5 Å². The molecule has 1 aromatic heterocycles. The second-order valence-electron chi connectivity index (χ2n) is 7.25. The van der Waals surface area contributed by atoms with E-state index in [-0.39, 0.29) is 5.56 Å². The zero-order valence-electron chi connectivity index (χ0n) is 15.5. The fourth-order valence-corrected chi connectivity index (χ4v) is 3.51. The van der Waals surface area contributed by atoms with Gasteiger partial charge in [0.15, 0.2) is 0 Å². The van der Waals surface area contributed by atoms with E-state index in [9.17, 15) is 4.79 Å². The van der Waals surface area contributed by atoms with Gasteiger partial charge in [-0.1, -0.05) is 23.7 Å². The maximum Gasteiger partial charge on any atom is 0.335 e. The summed E-state index contributed by atoms with van der Waals surface area (Å²) in [7, 11) is 0. The van der Waals surface area contributed by atoms with Gasteiger partial charge in [-0.25, -0.2) is 4.79 Å². The number of nitrogens with zero attached hydrogens (tertiary/aromatic N) is 3. The molecule has 6 nitrogen and oxygen atoms in total. The van der Waals surface area contributed by atoms with E-state index in [1.54, 1.807) is 6.07 Å². The largest absolute Gasteiger partial charge is 0.478 e. The van der Waals surface area contributed by atoms with Crippen molar-refractivity contribution in [1.82, 2.24) is 20.1 Å². The van der Waals surface area contributed by atoms with Gasteiger partial charge in [0.1, 0.15) is 0 Å². The molecule has 2 N–H and O–H groups in total. The van der Waals surface area contributed by atoms with Gasteiger partial charge < -0.3 is 15.3 Å². The molecule has 1 aliphatic carbocycles. The van der Waals surface area contributed by atoms with Gasteiger partial charge in [0.05, 0.1) is 23.6 Å². The van der Waals surface area contributed by atoms with Gasteiger partial charge in [0.2, 0.25) is 0 Å². The van der Waals surface area contributed by atoms with E-state index in [2.05, 4.69) is 32.2 Å². The molecular formula is C21H23ClN4O2. The number of hydrogen-bond donors (Lipinski definition) is 2. The molecule has 2 aliphatic rings. The fraction of sp³-hybridized carbons (Fsp3) is 0.333. The van der Waals surface area contributed by atoms with Crippen molar-refractivity contribution < 1.29 is 9.90 Å². The van der Waals surface area contributed by atoms with Gasteiger partial charge in [-0.05, 0) is 42.7 Å². The van der Waals surface area contributed by atoms with Crippen molar-refractivity contribution in [2.75, 3.05) is 19.8 Å². The van der Waals surface area contributed by atoms with E-state index < -0.39 is 5.97 Å². The number of aromatic carboxylic acids is 1. The molecule has 0 amide bonds. The quantitative estimate of drug-likeness (QED) is 0.711. The Hall–Kier alpha value is -2.57. The topological polar surface area (TPSA) is 68.7 Å². The third-order valence-corrected chi connectivity index (χ3v) is 5.36. The first-order chi connectivity index (χ1) is 13.6. The van der Waals surface area contributed by atoms with Crippen molar-refractivity contribution in [3.05, 3.63) is 70.6 Å². The Morgan fingerprint density at radius 1 is 1.29 bits per heavy atom. The highest BCUT2D eigenvalue weighted by molar-refractivity contribution is 6.30. The van der Waals surface area contributed by atoms with Crippen LogP contribution in [-0.2, 0) is 6.54 Å². The summed E-state index contributed by atoms with van der Waals surface area (Å²) < 4.78 is 0. The number of carbonyl (C=O) groups is 1. The summed E-state index contributed by atoms with van der Waals surface area (Å²) in [4.78, 5) is 20.2. The fourth-order valence-electron chi connectivity index (χ4n) is 3.38. The van der Waals surface area contributed by atoms with Gasteiger partial charge in [-0.2, -0.15) is 0 Å². The van der Waals surface area contributed by atoms with Crippen molar-refractivity contribution in [1.29, 1.82) is 0 Å². The maximum atomic E-state index is 11.2. The first-order valence-corrected chi connectivity index (χ1v) is 9.84. The lowest BCUT2D eigenvalue weighted by molar-refractivity contribution is 0.0696. The van der Waals surface area contributed by atoms with Crippen molar-refractivity contribution in [2.45, 2.75) is 25.4 Å². The first-order valence-electron chi connectivity index (χ1n) is 9.46. The van der Waals surface area contributed by atoms with Crippen LogP contribution in [0.2, 0.25) is 5.02 Å². The molecule has 1 fully saturated rings. The number of carboxylic acid groups (broad SMARTS) is 1. The van der Waals surface area contributed by atoms with Crippen molar-refractivity contribution >= 4 is 23.3 Å². The van der Waals surface area contributed by atoms with Gasteiger partial charge in [-0.15, -0.1) is 0 Å². The Morgan fingerprint density at radius 2 is 2.07 bits per heavy atom. The Balaban J connectivity index is 1.37. The van der Waals surface area contributed by atoms with Crippen LogP contribution in [0.15, 0.2) is 48.8 Å². The lowest BCUT2D eigenvalue weighted by Gasteiger charge is -2.25. The molecule has 4 rings (SSSR count). The first kappa shape index (κ1) is 18.8. The van der Waals surface area contributed by atoms with Crippen LogP contribution in [0.3, 0.4) is 0 Å². The molecule has 0 radical (unpaired) electrons. The van der Waals surface area contributed by atoms with E-state index >= 15 is 0 Å². The normalized spacial score (nSPS) is 16.2. The highest BCUT2D eigenvalue weighted by Crippen LogP contribution is 2.28. The number of nitrogens with one attached hydrogen (secondary N) is 1. The number of carboxylic acids is 1. The van der Waals surface area contributed by atoms with E-state index in [0.29, 0.717) is 18.4 Å². The van der Waals surface area contributed by atoms with Gasteiger partial charge in [0, 0.05) is 43.1 Å². The number of aromatic nitrogens is 1. The predicted octanol–water partition coefficient (Wildman–Crippen LogP) is 3.26. The van der Waals surface area contributed by atoms with Crippen molar-refractivity contribution in [3.63, 3.8) is 0 Å². The summed E-state index contributed by atoms with van der Waals surface area (Å²) in [6.07, 6.45) is 6.09. The minimum atomic E-state index is -0.943. The van der Waals surface area contributed by atoms with E-state index in [1.807, 2.05) is 18.3 Å². The second-order valence-corrected chi connectivity index (χ2v) is 7.69. The highest BCUT2D eigenvalue weighted by Gasteiger charge is 2.29. The van der Waals surface area contributed by atoms with Crippen LogP contribution in [0.5, 0.6) is 0 Å². The third kappa shape index (κ3) is 4.64. The highest BCUT2D eigenvalue weighted by atomic mass is 35.5. The van der Waals surface area contributed by atoms with Crippen LogP contribution < -0.4 is 5.32 Å². The molecule has 28 heavy (non-hydrogen) atoms. The molecule has 2 aromatic rings. The summed E-state index contributed by atoms with van der Waals surface area (Å²) in [6.45, 7) is 3.51. The van der Waals surface area contributed by atoms with Crippen LogP contribution in [0.25, 0.3) is 5.70 Å². The molecular weight excluding hydrogens is 376 g/mol. The van der Waals surface area contributed by atoms with E-state index in [1.165, 1.54) is 30.7 Å². The van der Waals surface area contributed by atoms with Crippen molar-refractivity contribution in [2.24, 2.45) is 0 Å². The van der Waals surface area contributed by atoms with E-state index in [0.717, 1.165) is 30.4 Å². The number of rotatable bonds is 8. The SMILES string of the molecule is O=C(O)c1ccnc(C2=CN(CCN(Cc3ccc(Cl)cc3)C3CC3)CN2)c1. The minimum Gasteiger partial charge on any atom is -0.478 e. The van der Waals surface area contributed by atoms with Crippen LogP contribution >= 0.6 is 11.6 Å². The van der Waals surface area contributed by atoms with Crippen LogP contribution in [0.4, 0.5) is 0 Å². The average molecular weight is 399 g/mol. The molecule has 1 aromatic carbocycles. The molecule has 146 valence electrons. The van der Waals surface area contributed by atoms with Gasteiger partial charge in [0.25, 0.3) is 0 Å². The Morgan fingerprint density at radius 3 is 2.79 bits per heavy atom. The molecule has 1 saturated carbocycles. The van der Waals surface area contributed by atoms with Gasteiger partial charge in [-0.3, -0.25) is 9.88 Å². The van der Waals surface area contributed by atoms with Crippen LogP contribution in [0, 0.1) is 0 Å². The number of halogens is 1. The van der Waals surface area contributed by atoms with E-state index in [4.69, 9.17) is 16.7 Å². The Bertz CT molecular complexity index is 880. The zero-order valence-corrected chi connectivity index (χ0v) is 16.3. The molecule has 0 saturated heterocycles. The number of hydrogen-bond acceptors (Lipinski definition) is 5. The van der Waals surface area contributed by atoms with Crippen LogP contribution in [-0.4, -0.2) is 51.7 Å². The Kier molecular flexibility index (Phi) is 5.50. The third-order valence-electron chi connectivity index (χ3n) is 5.10. The number of pyridine rings is 1. The summed E-state index contributed by atoms with van der Waals surface area (Å²) >= 11 is 5.99. The summed E-state index contributed by atoms with van der Waals surface area (Å²) in [6, 6.07) is 11.8. The molecule has 0 unspecified atom stereocenters. The monoisotopic (exact) mass is 398 g/mol. The summed E-state index contributed by atoms with van der Waals surface area (Å²) in [5.74, 6) is -0.943. The average Bonchev–Trinajstić information content (AvgIpc) is 3.44. The molecule has 0 spiro atoms. The summed E-state index contributed by atoms with van der Waals surface area (Å²) in [5, 5.41) is 13.2. The molecule has 0 atom stereocenters. The second kappa shape index (κ2) is 8.20. The lowest BCUT2D eigenvalue weighted by Crippen LogP contribution is -2.34. The minimum absolute atomic E-state index is 0.244.